The molecule has 2 aliphatic heterocycles. The third kappa shape index (κ3) is 6.46. The van der Waals surface area contributed by atoms with Gasteiger partial charge >= 0.3 is 0 Å². The molecular formula is C28H39N3O5. The Labute approximate surface area is 213 Å². The first-order valence-corrected chi connectivity index (χ1v) is 13.1. The molecule has 3 rings (SSSR count). The molecule has 0 bridgehead atoms. The Kier molecular flexibility index (Phi) is 9.54. The zero-order chi connectivity index (χ0) is 26.4. The van der Waals surface area contributed by atoms with E-state index in [2.05, 4.69) is 10.6 Å². The SMILES string of the molecule is CN[C@@H](C)C(=O)N[C@H]1CCCC[C@H]2CC[C@@H](C(=O)CCc3cccc(C(C(C)=O)C(C)=O)c3)N2C1=O. The lowest BCUT2D eigenvalue weighted by atomic mass is 9.90. The van der Waals surface area contributed by atoms with E-state index in [0.29, 0.717) is 24.8 Å². The number of amides is 2. The highest BCUT2D eigenvalue weighted by Gasteiger charge is 2.43. The zero-order valence-electron chi connectivity index (χ0n) is 21.8. The van der Waals surface area contributed by atoms with Crippen LogP contribution >= 0.6 is 0 Å². The second kappa shape index (κ2) is 12.4. The molecule has 0 aromatic heterocycles. The molecule has 36 heavy (non-hydrogen) atoms. The minimum absolute atomic E-state index is 0.0141. The number of nitrogens with zero attached hydrogens (tertiary/aromatic N) is 1. The van der Waals surface area contributed by atoms with Crippen molar-refractivity contribution in [1.82, 2.24) is 15.5 Å². The van der Waals surface area contributed by atoms with E-state index in [1.807, 2.05) is 12.1 Å². The Balaban J connectivity index is 1.70. The molecule has 2 fully saturated rings. The lowest BCUT2D eigenvalue weighted by Gasteiger charge is -2.35. The van der Waals surface area contributed by atoms with Crippen molar-refractivity contribution in [2.75, 3.05) is 7.05 Å². The highest BCUT2D eigenvalue weighted by atomic mass is 16.2. The van der Waals surface area contributed by atoms with Crippen LogP contribution in [0.5, 0.6) is 0 Å². The highest BCUT2D eigenvalue weighted by Crippen LogP contribution is 2.32. The minimum Gasteiger partial charge on any atom is -0.343 e. The summed E-state index contributed by atoms with van der Waals surface area (Å²) in [5.41, 5.74) is 1.53. The maximum Gasteiger partial charge on any atom is 0.246 e. The minimum atomic E-state index is -0.785. The molecule has 2 aliphatic rings. The quantitative estimate of drug-likeness (QED) is 0.480. The molecule has 2 saturated heterocycles. The van der Waals surface area contributed by atoms with Gasteiger partial charge in [-0.25, -0.2) is 0 Å². The van der Waals surface area contributed by atoms with E-state index in [0.717, 1.165) is 31.2 Å². The summed E-state index contributed by atoms with van der Waals surface area (Å²) in [5, 5.41) is 5.79. The summed E-state index contributed by atoms with van der Waals surface area (Å²) in [6, 6.07) is 5.82. The Morgan fingerprint density at radius 2 is 1.72 bits per heavy atom. The number of benzene rings is 1. The van der Waals surface area contributed by atoms with Gasteiger partial charge in [0.15, 0.2) is 5.78 Å². The summed E-state index contributed by atoms with van der Waals surface area (Å²) in [6.45, 7) is 4.57. The number of carbonyl (C=O) groups is 5. The molecule has 2 N–H and O–H groups in total. The van der Waals surface area contributed by atoms with Gasteiger partial charge in [0.1, 0.15) is 23.5 Å². The number of carbonyl (C=O) groups excluding carboxylic acids is 5. The van der Waals surface area contributed by atoms with Crippen LogP contribution in [-0.4, -0.2) is 65.3 Å². The van der Waals surface area contributed by atoms with E-state index >= 15 is 0 Å². The fourth-order valence-corrected chi connectivity index (χ4v) is 5.53. The van der Waals surface area contributed by atoms with Gasteiger partial charge in [0, 0.05) is 12.5 Å². The second-order valence-corrected chi connectivity index (χ2v) is 10.2. The lowest BCUT2D eigenvalue weighted by Crippen LogP contribution is -2.56. The number of hydrogen-bond donors (Lipinski definition) is 2. The highest BCUT2D eigenvalue weighted by molar-refractivity contribution is 6.05. The van der Waals surface area contributed by atoms with Gasteiger partial charge in [0.05, 0.1) is 12.1 Å². The summed E-state index contributed by atoms with van der Waals surface area (Å²) in [5.74, 6) is -1.54. The molecular weight excluding hydrogens is 458 g/mol. The van der Waals surface area contributed by atoms with E-state index in [1.54, 1.807) is 31.0 Å². The second-order valence-electron chi connectivity index (χ2n) is 10.2. The van der Waals surface area contributed by atoms with Crippen molar-refractivity contribution < 1.29 is 24.0 Å². The summed E-state index contributed by atoms with van der Waals surface area (Å²) in [4.78, 5) is 65.0. The van der Waals surface area contributed by atoms with Gasteiger partial charge in [0.25, 0.3) is 0 Å². The largest absolute Gasteiger partial charge is 0.343 e. The van der Waals surface area contributed by atoms with E-state index in [9.17, 15) is 24.0 Å². The molecule has 2 amide bonds. The number of rotatable bonds is 10. The van der Waals surface area contributed by atoms with Crippen LogP contribution in [0.1, 0.15) is 82.8 Å². The average Bonchev–Trinajstić information content (AvgIpc) is 3.25. The van der Waals surface area contributed by atoms with Gasteiger partial charge in [0.2, 0.25) is 11.8 Å². The maximum atomic E-state index is 13.5. The van der Waals surface area contributed by atoms with Crippen molar-refractivity contribution in [3.63, 3.8) is 0 Å². The number of likely N-dealkylation sites (N-methyl/N-ethyl adjacent to an activating group) is 1. The molecule has 0 saturated carbocycles. The van der Waals surface area contributed by atoms with E-state index in [1.165, 1.54) is 13.8 Å². The molecule has 8 heteroatoms. The summed E-state index contributed by atoms with van der Waals surface area (Å²) in [6.07, 6.45) is 5.45. The van der Waals surface area contributed by atoms with Gasteiger partial charge in [-0.2, -0.15) is 0 Å². The van der Waals surface area contributed by atoms with Crippen molar-refractivity contribution in [2.24, 2.45) is 0 Å². The van der Waals surface area contributed by atoms with Crippen LogP contribution in [0.2, 0.25) is 0 Å². The first kappa shape index (κ1) is 27.7. The Morgan fingerprint density at radius 1 is 1.03 bits per heavy atom. The van der Waals surface area contributed by atoms with Crippen LogP contribution in [0.3, 0.4) is 0 Å². The zero-order valence-corrected chi connectivity index (χ0v) is 21.8. The van der Waals surface area contributed by atoms with Crippen LogP contribution in [0, 0.1) is 0 Å². The Hall–Kier alpha value is -2.87. The van der Waals surface area contributed by atoms with E-state index in [-0.39, 0.29) is 41.6 Å². The van der Waals surface area contributed by atoms with Crippen LogP contribution in [0.4, 0.5) is 0 Å². The molecule has 8 nitrogen and oxygen atoms in total. The third-order valence-electron chi connectivity index (χ3n) is 7.61. The predicted molar refractivity (Wildman–Crippen MR) is 136 cm³/mol. The molecule has 0 unspecified atom stereocenters. The monoisotopic (exact) mass is 497 g/mol. The summed E-state index contributed by atoms with van der Waals surface area (Å²) in [7, 11) is 1.70. The summed E-state index contributed by atoms with van der Waals surface area (Å²) < 4.78 is 0. The van der Waals surface area contributed by atoms with Crippen molar-refractivity contribution in [3.05, 3.63) is 35.4 Å². The molecule has 1 aromatic rings. The summed E-state index contributed by atoms with van der Waals surface area (Å²) >= 11 is 0. The van der Waals surface area contributed by atoms with Gasteiger partial charge in [-0.3, -0.25) is 24.0 Å². The van der Waals surface area contributed by atoms with Crippen molar-refractivity contribution >= 4 is 29.2 Å². The van der Waals surface area contributed by atoms with Gasteiger partial charge in [-0.1, -0.05) is 37.1 Å². The topological polar surface area (TPSA) is 113 Å². The fourth-order valence-electron chi connectivity index (χ4n) is 5.53. The molecule has 196 valence electrons. The van der Waals surface area contributed by atoms with E-state index in [4.69, 9.17) is 0 Å². The number of hydrogen-bond acceptors (Lipinski definition) is 6. The van der Waals surface area contributed by atoms with Crippen molar-refractivity contribution in [1.29, 1.82) is 0 Å². The number of nitrogens with one attached hydrogen (secondary N) is 2. The van der Waals surface area contributed by atoms with Crippen LogP contribution < -0.4 is 10.6 Å². The molecule has 0 radical (unpaired) electrons. The standard InChI is InChI=1S/C28H39N3O5/c1-17(29-4)27(35)30-23-11-6-5-10-22-13-14-24(31(22)28(23)36)25(34)15-12-20-8-7-9-21(16-20)26(18(2)32)19(3)33/h7-9,16-17,22-24,26,29H,5-6,10-15H2,1-4H3,(H,30,35)/t17-,22-,23-,24-/m0/s1. The van der Waals surface area contributed by atoms with Crippen LogP contribution in [0.25, 0.3) is 0 Å². The van der Waals surface area contributed by atoms with Gasteiger partial charge < -0.3 is 15.5 Å². The van der Waals surface area contributed by atoms with Gasteiger partial charge in [-0.05, 0) is 71.0 Å². The number of aryl methyl sites for hydroxylation is 1. The maximum absolute atomic E-state index is 13.5. The smallest absolute Gasteiger partial charge is 0.246 e. The van der Waals surface area contributed by atoms with Crippen molar-refractivity contribution in [2.45, 2.75) is 102 Å². The van der Waals surface area contributed by atoms with Crippen LogP contribution in [0.15, 0.2) is 24.3 Å². The molecule has 2 heterocycles. The molecule has 0 spiro atoms. The van der Waals surface area contributed by atoms with E-state index < -0.39 is 24.0 Å². The average molecular weight is 498 g/mol. The van der Waals surface area contributed by atoms with Crippen LogP contribution in [-0.2, 0) is 30.4 Å². The number of Topliss-reactive ketones (excluding diaryl/α,β-unsaturated/α-hetero) is 3. The normalized spacial score (nSPS) is 23.0. The van der Waals surface area contributed by atoms with Crippen molar-refractivity contribution in [3.8, 4) is 0 Å². The number of fused-ring (bicyclic) bond motifs is 1. The van der Waals surface area contributed by atoms with Gasteiger partial charge in [-0.15, -0.1) is 0 Å². The lowest BCUT2D eigenvalue weighted by molar-refractivity contribution is -0.143. The molecule has 1 aromatic carbocycles. The fraction of sp³-hybridized carbons (Fsp3) is 0.607. The first-order chi connectivity index (χ1) is 17.1. The molecule has 0 aliphatic carbocycles. The third-order valence-corrected chi connectivity index (χ3v) is 7.61. The first-order valence-electron chi connectivity index (χ1n) is 13.1. The molecule has 4 atom stereocenters. The Bertz CT molecular complexity index is 993. The number of ketones is 3. The predicted octanol–water partition coefficient (Wildman–Crippen LogP) is 2.48. The Morgan fingerprint density at radius 3 is 2.39 bits per heavy atom.